The smallest absolute Gasteiger partial charge is 0.305 e. The molecule has 1 N–H and O–H groups in total. The monoisotopic (exact) mass is 234 g/mol. The van der Waals surface area contributed by atoms with Crippen molar-refractivity contribution in [2.24, 2.45) is 0 Å². The van der Waals surface area contributed by atoms with Crippen molar-refractivity contribution in [1.29, 1.82) is 0 Å². The molecule has 0 unspecified atom stereocenters. The number of hydrogen-bond donors (Lipinski definition) is 1. The number of esters is 1. The van der Waals surface area contributed by atoms with Crippen molar-refractivity contribution in [3.8, 4) is 0 Å². The van der Waals surface area contributed by atoms with Crippen LogP contribution in [0.5, 0.6) is 0 Å². The fraction of sp³-hybridized carbons (Fsp3) is 0.357. The zero-order valence-electron chi connectivity index (χ0n) is 10.3. The molecule has 0 amide bonds. The molecule has 0 aromatic heterocycles. The molecule has 0 spiro atoms. The minimum Gasteiger partial charge on any atom is -0.469 e. The minimum atomic E-state index is -0.196. The Hall–Kier alpha value is -1.61. The highest BCUT2D eigenvalue weighted by atomic mass is 16.5. The van der Waals surface area contributed by atoms with Crippen LogP contribution in [0, 0.1) is 0 Å². The molecular formula is C14H18O3. The van der Waals surface area contributed by atoms with Gasteiger partial charge in [-0.2, -0.15) is 0 Å². The fourth-order valence-electron chi connectivity index (χ4n) is 1.58. The second-order valence-corrected chi connectivity index (χ2v) is 3.85. The zero-order valence-corrected chi connectivity index (χ0v) is 10.3. The van der Waals surface area contributed by atoms with Crippen molar-refractivity contribution >= 4 is 11.5 Å². The highest BCUT2D eigenvalue weighted by molar-refractivity contribution is 5.69. The van der Waals surface area contributed by atoms with E-state index in [4.69, 9.17) is 5.11 Å². The summed E-state index contributed by atoms with van der Waals surface area (Å²) < 4.78 is 4.60. The van der Waals surface area contributed by atoms with Crippen molar-refractivity contribution in [2.45, 2.75) is 19.8 Å². The van der Waals surface area contributed by atoms with Gasteiger partial charge in [0, 0.05) is 6.42 Å². The topological polar surface area (TPSA) is 46.5 Å². The maximum Gasteiger partial charge on any atom is 0.305 e. The van der Waals surface area contributed by atoms with Crippen LogP contribution in [0.3, 0.4) is 0 Å². The molecule has 0 aliphatic heterocycles. The second kappa shape index (κ2) is 6.86. The molecule has 0 fully saturated rings. The lowest BCUT2D eigenvalue weighted by atomic mass is 10.0. The van der Waals surface area contributed by atoms with Crippen molar-refractivity contribution in [3.05, 3.63) is 41.5 Å². The molecular weight excluding hydrogens is 216 g/mol. The van der Waals surface area contributed by atoms with Crippen LogP contribution in [-0.2, 0) is 16.0 Å². The summed E-state index contributed by atoms with van der Waals surface area (Å²) in [5.41, 5.74) is 3.20. The Labute approximate surface area is 102 Å². The molecule has 0 aliphatic rings. The Balaban J connectivity index is 2.72. The van der Waals surface area contributed by atoms with Crippen LogP contribution in [0.15, 0.2) is 30.3 Å². The molecule has 0 atom stereocenters. The number of allylic oxidation sites excluding steroid dienone is 1. The van der Waals surface area contributed by atoms with Crippen molar-refractivity contribution < 1.29 is 14.6 Å². The van der Waals surface area contributed by atoms with Crippen LogP contribution in [0.25, 0.3) is 5.57 Å². The van der Waals surface area contributed by atoms with E-state index in [2.05, 4.69) is 4.74 Å². The second-order valence-electron chi connectivity index (χ2n) is 3.85. The SMILES string of the molecule is COC(=O)CCc1cccc(C(C)=CCO)c1. The van der Waals surface area contributed by atoms with E-state index in [1.165, 1.54) is 7.11 Å². The van der Waals surface area contributed by atoms with Gasteiger partial charge in [0.1, 0.15) is 0 Å². The zero-order chi connectivity index (χ0) is 12.7. The van der Waals surface area contributed by atoms with Gasteiger partial charge in [0.2, 0.25) is 0 Å². The molecule has 0 bridgehead atoms. The van der Waals surface area contributed by atoms with Gasteiger partial charge in [0.05, 0.1) is 13.7 Å². The number of aryl methyl sites for hydroxylation is 1. The Morgan fingerprint density at radius 2 is 2.24 bits per heavy atom. The average molecular weight is 234 g/mol. The van der Waals surface area contributed by atoms with E-state index in [9.17, 15) is 4.79 Å². The molecule has 0 heterocycles. The molecule has 3 nitrogen and oxygen atoms in total. The van der Waals surface area contributed by atoms with Gasteiger partial charge in [-0.25, -0.2) is 0 Å². The molecule has 0 saturated heterocycles. The standard InChI is InChI=1S/C14H18O3/c1-11(8-9-15)13-5-3-4-12(10-13)6-7-14(16)17-2/h3-5,8,10,15H,6-7,9H2,1-2H3. The number of hydrogen-bond acceptors (Lipinski definition) is 3. The molecule has 3 heteroatoms. The minimum absolute atomic E-state index is 0.0399. The summed E-state index contributed by atoms with van der Waals surface area (Å²) in [6, 6.07) is 7.96. The number of aliphatic hydroxyl groups is 1. The van der Waals surface area contributed by atoms with Crippen LogP contribution in [-0.4, -0.2) is 24.8 Å². The molecule has 0 aliphatic carbocycles. The molecule has 0 saturated carbocycles. The highest BCUT2D eigenvalue weighted by Gasteiger charge is 2.02. The summed E-state index contributed by atoms with van der Waals surface area (Å²) >= 11 is 0. The Bertz CT molecular complexity index is 408. The van der Waals surface area contributed by atoms with Gasteiger partial charge < -0.3 is 9.84 Å². The number of methoxy groups -OCH3 is 1. The molecule has 0 radical (unpaired) electrons. The fourth-order valence-corrected chi connectivity index (χ4v) is 1.58. The highest BCUT2D eigenvalue weighted by Crippen LogP contribution is 2.16. The lowest BCUT2D eigenvalue weighted by Crippen LogP contribution is -2.02. The molecule has 1 aromatic rings. The third kappa shape index (κ3) is 4.41. The first-order chi connectivity index (χ1) is 8.17. The summed E-state index contributed by atoms with van der Waals surface area (Å²) in [6.07, 6.45) is 2.83. The van der Waals surface area contributed by atoms with Crippen molar-refractivity contribution in [1.82, 2.24) is 0 Å². The number of rotatable bonds is 5. The van der Waals surface area contributed by atoms with Crippen molar-refractivity contribution in [3.63, 3.8) is 0 Å². The average Bonchev–Trinajstić information content (AvgIpc) is 2.36. The normalized spacial score (nSPS) is 11.4. The largest absolute Gasteiger partial charge is 0.469 e. The van der Waals surface area contributed by atoms with E-state index in [1.54, 1.807) is 6.08 Å². The van der Waals surface area contributed by atoms with Crippen LogP contribution in [0.2, 0.25) is 0 Å². The summed E-state index contributed by atoms with van der Waals surface area (Å²) in [7, 11) is 1.40. The third-order valence-electron chi connectivity index (χ3n) is 2.63. The van der Waals surface area contributed by atoms with E-state index in [0.29, 0.717) is 12.8 Å². The molecule has 1 rings (SSSR count). The first-order valence-electron chi connectivity index (χ1n) is 5.61. The lowest BCUT2D eigenvalue weighted by Gasteiger charge is -2.05. The van der Waals surface area contributed by atoms with Crippen LogP contribution in [0.1, 0.15) is 24.5 Å². The van der Waals surface area contributed by atoms with Crippen LogP contribution >= 0.6 is 0 Å². The summed E-state index contributed by atoms with van der Waals surface area (Å²) in [5.74, 6) is -0.196. The summed E-state index contributed by atoms with van der Waals surface area (Å²) in [5, 5.41) is 8.84. The van der Waals surface area contributed by atoms with E-state index in [0.717, 1.165) is 16.7 Å². The van der Waals surface area contributed by atoms with Gasteiger partial charge in [-0.3, -0.25) is 4.79 Å². The van der Waals surface area contributed by atoms with E-state index >= 15 is 0 Å². The first-order valence-corrected chi connectivity index (χ1v) is 5.61. The van der Waals surface area contributed by atoms with Gasteiger partial charge in [0.25, 0.3) is 0 Å². The maximum absolute atomic E-state index is 11.0. The number of aliphatic hydroxyl groups excluding tert-OH is 1. The first kappa shape index (κ1) is 13.5. The maximum atomic E-state index is 11.0. The predicted octanol–water partition coefficient (Wildman–Crippen LogP) is 2.19. The number of carbonyl (C=O) groups excluding carboxylic acids is 1. The van der Waals surface area contributed by atoms with Crippen LogP contribution < -0.4 is 0 Å². The number of benzene rings is 1. The van der Waals surface area contributed by atoms with E-state index in [1.807, 2.05) is 31.2 Å². The lowest BCUT2D eigenvalue weighted by molar-refractivity contribution is -0.140. The van der Waals surface area contributed by atoms with Crippen molar-refractivity contribution in [2.75, 3.05) is 13.7 Å². The van der Waals surface area contributed by atoms with Gasteiger partial charge in [-0.15, -0.1) is 0 Å². The van der Waals surface area contributed by atoms with E-state index in [-0.39, 0.29) is 12.6 Å². The number of ether oxygens (including phenoxy) is 1. The molecule has 1 aromatic carbocycles. The Morgan fingerprint density at radius 3 is 2.88 bits per heavy atom. The summed E-state index contributed by atoms with van der Waals surface area (Å²) in [4.78, 5) is 11.0. The van der Waals surface area contributed by atoms with Gasteiger partial charge >= 0.3 is 5.97 Å². The van der Waals surface area contributed by atoms with E-state index < -0.39 is 0 Å². The van der Waals surface area contributed by atoms with Gasteiger partial charge in [0.15, 0.2) is 0 Å². The number of carbonyl (C=O) groups is 1. The quantitative estimate of drug-likeness (QED) is 0.794. The van der Waals surface area contributed by atoms with Crippen LogP contribution in [0.4, 0.5) is 0 Å². The molecule has 17 heavy (non-hydrogen) atoms. The van der Waals surface area contributed by atoms with Gasteiger partial charge in [-0.05, 0) is 30.0 Å². The Kier molecular flexibility index (Phi) is 5.43. The third-order valence-corrected chi connectivity index (χ3v) is 2.63. The predicted molar refractivity (Wildman–Crippen MR) is 67.5 cm³/mol. The summed E-state index contributed by atoms with van der Waals surface area (Å²) in [6.45, 7) is 1.99. The Morgan fingerprint density at radius 1 is 1.47 bits per heavy atom. The van der Waals surface area contributed by atoms with Gasteiger partial charge in [-0.1, -0.05) is 30.3 Å². The molecule has 92 valence electrons.